The van der Waals surface area contributed by atoms with Gasteiger partial charge in [-0.15, -0.1) is 0 Å². The maximum atomic E-state index is 9.26. The van der Waals surface area contributed by atoms with Gasteiger partial charge in [-0.05, 0) is 71.3 Å². The molecule has 0 N–H and O–H groups in total. The second kappa shape index (κ2) is 9.79. The Hall–Kier alpha value is -5.12. The Labute approximate surface area is 205 Å². The monoisotopic (exact) mass is 447 g/mol. The van der Waals surface area contributed by atoms with Crippen LogP contribution in [0.25, 0.3) is 22.3 Å². The molecular weight excluding hydrogens is 426 g/mol. The van der Waals surface area contributed by atoms with Gasteiger partial charge >= 0.3 is 0 Å². The molecule has 0 bridgehead atoms. The number of nitrogens with zero attached hydrogens (tertiary/aromatic N) is 3. The number of rotatable bonds is 5. The van der Waals surface area contributed by atoms with E-state index in [0.717, 1.165) is 39.3 Å². The van der Waals surface area contributed by atoms with Crippen LogP contribution in [-0.4, -0.2) is 0 Å². The second-order valence-electron chi connectivity index (χ2n) is 8.12. The molecule has 0 atom stereocenters. The molecule has 3 nitrogen and oxygen atoms in total. The lowest BCUT2D eigenvalue weighted by Crippen LogP contribution is -2.11. The van der Waals surface area contributed by atoms with Crippen molar-refractivity contribution >= 4 is 17.1 Å². The number of hydrogen-bond donors (Lipinski definition) is 0. The number of nitriles is 2. The van der Waals surface area contributed by atoms with E-state index < -0.39 is 0 Å². The minimum Gasteiger partial charge on any atom is -0.310 e. The van der Waals surface area contributed by atoms with E-state index in [1.807, 2.05) is 84.9 Å². The summed E-state index contributed by atoms with van der Waals surface area (Å²) >= 11 is 0. The van der Waals surface area contributed by atoms with E-state index in [9.17, 15) is 10.5 Å². The zero-order chi connectivity index (χ0) is 24.0. The predicted octanol–water partition coefficient (Wildman–Crippen LogP) is 8.23. The second-order valence-corrected chi connectivity index (χ2v) is 8.12. The lowest BCUT2D eigenvalue weighted by atomic mass is 9.96. The molecule has 35 heavy (non-hydrogen) atoms. The molecule has 0 aromatic heterocycles. The van der Waals surface area contributed by atoms with Crippen LogP contribution in [0.5, 0.6) is 0 Å². The Kier molecular flexibility index (Phi) is 6.07. The van der Waals surface area contributed by atoms with Crippen LogP contribution in [0.15, 0.2) is 127 Å². The minimum atomic E-state index is 0.632. The first kappa shape index (κ1) is 21.7. The molecule has 0 saturated heterocycles. The third-order valence-electron chi connectivity index (χ3n) is 5.94. The zero-order valence-corrected chi connectivity index (χ0v) is 19.0. The predicted molar refractivity (Wildman–Crippen MR) is 141 cm³/mol. The van der Waals surface area contributed by atoms with Gasteiger partial charge in [0.25, 0.3) is 0 Å². The quantitative estimate of drug-likeness (QED) is 0.273. The molecule has 5 rings (SSSR count). The van der Waals surface area contributed by atoms with Crippen LogP contribution in [0.2, 0.25) is 0 Å². The first-order valence-electron chi connectivity index (χ1n) is 11.3. The van der Waals surface area contributed by atoms with Gasteiger partial charge in [-0.25, -0.2) is 0 Å². The molecule has 0 heterocycles. The summed E-state index contributed by atoms with van der Waals surface area (Å²) in [5, 5.41) is 18.5. The summed E-state index contributed by atoms with van der Waals surface area (Å²) in [5.74, 6) is 0. The fourth-order valence-electron chi connectivity index (χ4n) is 4.18. The van der Waals surface area contributed by atoms with Gasteiger partial charge in [-0.3, -0.25) is 0 Å². The van der Waals surface area contributed by atoms with Crippen molar-refractivity contribution in [2.45, 2.75) is 0 Å². The standard InChI is InChI=1S/C32H21N3/c33-22-24-11-15-26(16-12-24)28-19-20-31(27-17-13-25(23-34)14-18-27)32(21-28)35(29-7-3-1-4-8-29)30-9-5-2-6-10-30/h1-21H. The smallest absolute Gasteiger partial charge is 0.0991 e. The molecular formula is C32H21N3. The van der Waals surface area contributed by atoms with Crippen molar-refractivity contribution in [2.24, 2.45) is 0 Å². The van der Waals surface area contributed by atoms with Crippen molar-refractivity contribution in [3.8, 4) is 34.4 Å². The summed E-state index contributed by atoms with van der Waals surface area (Å²) in [4.78, 5) is 2.25. The van der Waals surface area contributed by atoms with Crippen LogP contribution in [0, 0.1) is 22.7 Å². The van der Waals surface area contributed by atoms with Crippen LogP contribution in [0.1, 0.15) is 11.1 Å². The maximum absolute atomic E-state index is 9.26. The Balaban J connectivity index is 1.75. The molecule has 0 aliphatic heterocycles. The van der Waals surface area contributed by atoms with Crippen LogP contribution in [-0.2, 0) is 0 Å². The van der Waals surface area contributed by atoms with Gasteiger partial charge in [-0.2, -0.15) is 10.5 Å². The Morgan fingerprint density at radius 3 is 1.40 bits per heavy atom. The third kappa shape index (κ3) is 4.53. The molecule has 5 aromatic rings. The molecule has 3 heteroatoms. The lowest BCUT2D eigenvalue weighted by Gasteiger charge is -2.28. The largest absolute Gasteiger partial charge is 0.310 e. The Bertz CT molecular complexity index is 1480. The summed E-state index contributed by atoms with van der Waals surface area (Å²) in [5.41, 5.74) is 8.56. The van der Waals surface area contributed by atoms with Gasteiger partial charge in [-0.1, -0.05) is 72.8 Å². The summed E-state index contributed by atoms with van der Waals surface area (Å²) in [6.07, 6.45) is 0. The molecule has 0 aliphatic carbocycles. The highest BCUT2D eigenvalue weighted by Crippen LogP contribution is 2.42. The molecule has 0 saturated carbocycles. The summed E-state index contributed by atoms with van der Waals surface area (Å²) in [6.45, 7) is 0. The highest BCUT2D eigenvalue weighted by molar-refractivity contribution is 5.90. The zero-order valence-electron chi connectivity index (χ0n) is 19.0. The van der Waals surface area contributed by atoms with Crippen molar-refractivity contribution in [3.63, 3.8) is 0 Å². The fourth-order valence-corrected chi connectivity index (χ4v) is 4.18. The fraction of sp³-hybridized carbons (Fsp3) is 0. The Morgan fingerprint density at radius 2 is 0.914 bits per heavy atom. The van der Waals surface area contributed by atoms with Gasteiger partial charge < -0.3 is 4.90 Å². The average Bonchev–Trinajstić information content (AvgIpc) is 2.94. The molecule has 5 aromatic carbocycles. The minimum absolute atomic E-state index is 0.632. The molecule has 0 radical (unpaired) electrons. The first-order chi connectivity index (χ1) is 17.3. The van der Waals surface area contributed by atoms with Gasteiger partial charge in [0.1, 0.15) is 0 Å². The van der Waals surface area contributed by atoms with Gasteiger partial charge in [0.15, 0.2) is 0 Å². The summed E-state index contributed by atoms with van der Waals surface area (Å²) in [6, 6.07) is 46.7. The molecule has 0 fully saturated rings. The summed E-state index contributed by atoms with van der Waals surface area (Å²) in [7, 11) is 0. The van der Waals surface area contributed by atoms with Crippen LogP contribution >= 0.6 is 0 Å². The number of benzene rings is 5. The van der Waals surface area contributed by atoms with E-state index in [1.54, 1.807) is 0 Å². The normalized spacial score (nSPS) is 10.2. The van der Waals surface area contributed by atoms with Crippen molar-refractivity contribution < 1.29 is 0 Å². The SMILES string of the molecule is N#Cc1ccc(-c2ccc(-c3ccc(C#N)cc3)c(N(c3ccccc3)c3ccccc3)c2)cc1. The van der Waals surface area contributed by atoms with Crippen LogP contribution in [0.4, 0.5) is 17.1 Å². The number of hydrogen-bond acceptors (Lipinski definition) is 3. The average molecular weight is 448 g/mol. The van der Waals surface area contributed by atoms with E-state index in [4.69, 9.17) is 0 Å². The van der Waals surface area contributed by atoms with E-state index in [-0.39, 0.29) is 0 Å². The van der Waals surface area contributed by atoms with Crippen molar-refractivity contribution in [2.75, 3.05) is 4.90 Å². The van der Waals surface area contributed by atoms with E-state index in [2.05, 4.69) is 59.5 Å². The van der Waals surface area contributed by atoms with Crippen molar-refractivity contribution in [1.29, 1.82) is 10.5 Å². The van der Waals surface area contributed by atoms with Crippen LogP contribution < -0.4 is 4.90 Å². The van der Waals surface area contributed by atoms with Crippen molar-refractivity contribution in [1.82, 2.24) is 0 Å². The first-order valence-corrected chi connectivity index (χ1v) is 11.3. The van der Waals surface area contributed by atoms with Crippen LogP contribution in [0.3, 0.4) is 0 Å². The molecule has 0 unspecified atom stereocenters. The van der Waals surface area contributed by atoms with E-state index >= 15 is 0 Å². The van der Waals surface area contributed by atoms with Gasteiger partial charge in [0.2, 0.25) is 0 Å². The number of anilines is 3. The molecule has 164 valence electrons. The van der Waals surface area contributed by atoms with E-state index in [0.29, 0.717) is 11.1 Å². The van der Waals surface area contributed by atoms with Gasteiger partial charge in [0, 0.05) is 16.9 Å². The third-order valence-corrected chi connectivity index (χ3v) is 5.94. The molecule has 0 amide bonds. The van der Waals surface area contributed by atoms with Gasteiger partial charge in [0.05, 0.1) is 29.0 Å². The molecule has 0 aliphatic rings. The molecule has 0 spiro atoms. The lowest BCUT2D eigenvalue weighted by molar-refractivity contribution is 1.28. The number of para-hydroxylation sites is 2. The highest BCUT2D eigenvalue weighted by atomic mass is 15.1. The Morgan fingerprint density at radius 1 is 0.457 bits per heavy atom. The highest BCUT2D eigenvalue weighted by Gasteiger charge is 2.18. The maximum Gasteiger partial charge on any atom is 0.0991 e. The van der Waals surface area contributed by atoms with E-state index in [1.165, 1.54) is 0 Å². The summed E-state index contributed by atoms with van der Waals surface area (Å²) < 4.78 is 0. The van der Waals surface area contributed by atoms with Crippen molar-refractivity contribution in [3.05, 3.63) is 139 Å². The topological polar surface area (TPSA) is 50.8 Å².